The van der Waals surface area contributed by atoms with Gasteiger partial charge >= 0.3 is 0 Å². The van der Waals surface area contributed by atoms with Crippen LogP contribution in [0.5, 0.6) is 0 Å². The van der Waals surface area contributed by atoms with Crippen molar-refractivity contribution in [2.75, 3.05) is 4.90 Å². The van der Waals surface area contributed by atoms with E-state index in [2.05, 4.69) is 241 Å². The standard InChI is InChI=1S/C58H39NO/c1-3-14-40(15-4-1)45-19-11-21-47(38-45)42-28-33-49(34-29-42)59(50-35-30-43(31-36-50)48-22-12-20-46(39-48)41-16-5-2-6-17-41)55-26-10-9-24-52(55)53-25-13-27-56-57(53)54-37-32-44-18-7-8-23-51(44)58(54)60-56/h1-39H. The van der Waals surface area contributed by atoms with Gasteiger partial charge in [-0.15, -0.1) is 0 Å². The smallest absolute Gasteiger partial charge is 0.143 e. The maximum Gasteiger partial charge on any atom is 0.143 e. The van der Waals surface area contributed by atoms with Crippen molar-refractivity contribution < 1.29 is 4.42 Å². The molecule has 0 N–H and O–H groups in total. The van der Waals surface area contributed by atoms with E-state index in [1.54, 1.807) is 0 Å². The van der Waals surface area contributed by atoms with E-state index in [9.17, 15) is 0 Å². The molecule has 2 heteroatoms. The van der Waals surface area contributed by atoms with Crippen LogP contribution in [0.3, 0.4) is 0 Å². The molecule has 282 valence electrons. The van der Waals surface area contributed by atoms with Gasteiger partial charge in [-0.25, -0.2) is 0 Å². The molecule has 0 spiro atoms. The molecule has 60 heavy (non-hydrogen) atoms. The second kappa shape index (κ2) is 15.1. The van der Waals surface area contributed by atoms with Crippen molar-refractivity contribution in [3.63, 3.8) is 0 Å². The molecule has 11 rings (SSSR count). The van der Waals surface area contributed by atoms with Crippen LogP contribution in [0.1, 0.15) is 0 Å². The SMILES string of the molecule is c1ccc(-c2cccc(-c3ccc(N(c4ccc(-c5cccc(-c6ccccc6)c5)cc4)c4ccccc4-c4cccc5oc6c7ccccc7ccc6c45)cc3)c2)cc1. The van der Waals surface area contributed by atoms with Crippen LogP contribution in [0, 0.1) is 0 Å². The lowest BCUT2D eigenvalue weighted by molar-refractivity contribution is 0.673. The average Bonchev–Trinajstić information content (AvgIpc) is 3.73. The molecule has 0 saturated heterocycles. The van der Waals surface area contributed by atoms with Crippen LogP contribution in [-0.2, 0) is 0 Å². The third-order valence-electron chi connectivity index (χ3n) is 11.7. The zero-order valence-electron chi connectivity index (χ0n) is 32.9. The highest BCUT2D eigenvalue weighted by molar-refractivity contribution is 6.19. The van der Waals surface area contributed by atoms with Gasteiger partial charge in [-0.05, 0) is 110 Å². The third kappa shape index (κ3) is 6.41. The number of nitrogens with zero attached hydrogens (tertiary/aromatic N) is 1. The predicted molar refractivity (Wildman–Crippen MR) is 253 cm³/mol. The van der Waals surface area contributed by atoms with E-state index in [1.165, 1.54) is 49.9 Å². The molecule has 1 heterocycles. The first-order chi connectivity index (χ1) is 29.7. The molecule has 0 fully saturated rings. The van der Waals surface area contributed by atoms with Gasteiger partial charge in [-0.2, -0.15) is 0 Å². The lowest BCUT2D eigenvalue weighted by Gasteiger charge is -2.28. The second-order valence-corrected chi connectivity index (χ2v) is 15.3. The molecule has 2 nitrogen and oxygen atoms in total. The van der Waals surface area contributed by atoms with Gasteiger partial charge < -0.3 is 9.32 Å². The van der Waals surface area contributed by atoms with E-state index in [0.29, 0.717) is 0 Å². The largest absolute Gasteiger partial charge is 0.455 e. The molecule has 0 aliphatic heterocycles. The second-order valence-electron chi connectivity index (χ2n) is 15.3. The summed E-state index contributed by atoms with van der Waals surface area (Å²) in [7, 11) is 0. The van der Waals surface area contributed by atoms with Crippen LogP contribution in [0.4, 0.5) is 17.1 Å². The molecule has 0 aliphatic rings. The molecule has 11 aromatic rings. The van der Waals surface area contributed by atoms with E-state index in [-0.39, 0.29) is 0 Å². The van der Waals surface area contributed by atoms with E-state index in [4.69, 9.17) is 4.42 Å². The number of hydrogen-bond donors (Lipinski definition) is 0. The molecule has 0 bridgehead atoms. The quantitative estimate of drug-likeness (QED) is 0.153. The van der Waals surface area contributed by atoms with Gasteiger partial charge in [0.05, 0.1) is 5.69 Å². The summed E-state index contributed by atoms with van der Waals surface area (Å²) in [6, 6.07) is 84.8. The number of hydrogen-bond acceptors (Lipinski definition) is 2. The summed E-state index contributed by atoms with van der Waals surface area (Å²) in [6.45, 7) is 0. The monoisotopic (exact) mass is 765 g/mol. The first-order valence-corrected chi connectivity index (χ1v) is 20.5. The van der Waals surface area contributed by atoms with E-state index < -0.39 is 0 Å². The predicted octanol–water partition coefficient (Wildman–Crippen LogP) is 16.5. The average molecular weight is 766 g/mol. The molecular formula is C58H39NO. The highest BCUT2D eigenvalue weighted by atomic mass is 16.3. The lowest BCUT2D eigenvalue weighted by atomic mass is 9.95. The van der Waals surface area contributed by atoms with Gasteiger partial charge in [-0.3, -0.25) is 0 Å². The van der Waals surface area contributed by atoms with E-state index in [1.807, 2.05) is 0 Å². The van der Waals surface area contributed by atoms with Crippen molar-refractivity contribution in [3.8, 4) is 55.6 Å². The fraction of sp³-hybridized carbons (Fsp3) is 0. The van der Waals surface area contributed by atoms with E-state index in [0.717, 1.165) is 55.5 Å². The summed E-state index contributed by atoms with van der Waals surface area (Å²) < 4.78 is 6.67. The normalized spacial score (nSPS) is 11.3. The highest BCUT2D eigenvalue weighted by Crippen LogP contribution is 2.46. The van der Waals surface area contributed by atoms with Crippen molar-refractivity contribution in [1.29, 1.82) is 0 Å². The minimum atomic E-state index is 0.879. The van der Waals surface area contributed by atoms with Gasteiger partial charge in [0.15, 0.2) is 0 Å². The number of fused-ring (bicyclic) bond motifs is 5. The van der Waals surface area contributed by atoms with Gasteiger partial charge in [0.2, 0.25) is 0 Å². The van der Waals surface area contributed by atoms with Gasteiger partial charge in [0.25, 0.3) is 0 Å². The molecule has 0 unspecified atom stereocenters. The van der Waals surface area contributed by atoms with Crippen LogP contribution >= 0.6 is 0 Å². The van der Waals surface area contributed by atoms with E-state index >= 15 is 0 Å². The van der Waals surface area contributed by atoms with Gasteiger partial charge in [0, 0.05) is 33.1 Å². The Bertz CT molecular complexity index is 3160. The molecule has 1 aromatic heterocycles. The minimum Gasteiger partial charge on any atom is -0.455 e. The molecule has 0 amide bonds. The van der Waals surface area contributed by atoms with Crippen LogP contribution in [0.2, 0.25) is 0 Å². The molecule has 0 aliphatic carbocycles. The van der Waals surface area contributed by atoms with Crippen LogP contribution in [0.25, 0.3) is 88.3 Å². The van der Waals surface area contributed by atoms with Gasteiger partial charge in [-0.1, -0.05) is 182 Å². The fourth-order valence-electron chi connectivity index (χ4n) is 8.73. The number of benzene rings is 10. The summed E-state index contributed by atoms with van der Waals surface area (Å²) >= 11 is 0. The molecular weight excluding hydrogens is 727 g/mol. The Labute approximate surface area is 349 Å². The fourth-order valence-corrected chi connectivity index (χ4v) is 8.73. The Morgan fingerprint density at radius 1 is 0.300 bits per heavy atom. The van der Waals surface area contributed by atoms with Gasteiger partial charge in [0.1, 0.15) is 11.2 Å². The Morgan fingerprint density at radius 2 is 0.767 bits per heavy atom. The first-order valence-electron chi connectivity index (χ1n) is 20.5. The summed E-state index contributed by atoms with van der Waals surface area (Å²) in [4.78, 5) is 2.39. The number of rotatable bonds is 8. The Kier molecular flexibility index (Phi) is 8.87. The Balaban J connectivity index is 1.05. The molecule has 0 atom stereocenters. The van der Waals surface area contributed by atoms with Crippen molar-refractivity contribution in [3.05, 3.63) is 237 Å². The molecule has 0 radical (unpaired) electrons. The topological polar surface area (TPSA) is 16.4 Å². The third-order valence-corrected chi connectivity index (χ3v) is 11.7. The summed E-state index contributed by atoms with van der Waals surface area (Å²) in [5.74, 6) is 0. The zero-order valence-corrected chi connectivity index (χ0v) is 32.9. The minimum absolute atomic E-state index is 0.879. The van der Waals surface area contributed by atoms with Crippen molar-refractivity contribution in [2.24, 2.45) is 0 Å². The van der Waals surface area contributed by atoms with Crippen molar-refractivity contribution in [1.82, 2.24) is 0 Å². The van der Waals surface area contributed by atoms with Crippen LogP contribution < -0.4 is 4.90 Å². The first kappa shape index (κ1) is 35.2. The summed E-state index contributed by atoms with van der Waals surface area (Å²) in [6.07, 6.45) is 0. The number of furan rings is 1. The maximum atomic E-state index is 6.67. The highest BCUT2D eigenvalue weighted by Gasteiger charge is 2.21. The lowest BCUT2D eigenvalue weighted by Crippen LogP contribution is -2.11. The van der Waals surface area contributed by atoms with Crippen LogP contribution in [0.15, 0.2) is 241 Å². The zero-order chi connectivity index (χ0) is 39.8. The molecule has 0 saturated carbocycles. The summed E-state index contributed by atoms with van der Waals surface area (Å²) in [5.41, 5.74) is 16.8. The number of anilines is 3. The van der Waals surface area contributed by atoms with Crippen LogP contribution in [-0.4, -0.2) is 0 Å². The Morgan fingerprint density at radius 3 is 1.37 bits per heavy atom. The summed E-state index contributed by atoms with van der Waals surface area (Å²) in [5, 5.41) is 4.52. The van der Waals surface area contributed by atoms with Crippen molar-refractivity contribution in [2.45, 2.75) is 0 Å². The molecule has 10 aromatic carbocycles. The van der Waals surface area contributed by atoms with Crippen molar-refractivity contribution >= 4 is 49.8 Å². The maximum absolute atomic E-state index is 6.67. The Hall–Kier alpha value is -7.94. The number of para-hydroxylation sites is 1.